The second kappa shape index (κ2) is 52.9. The Balaban J connectivity index is 0.537. The molecule has 46 nitrogen and oxygen atoms in total. The van der Waals surface area contributed by atoms with E-state index >= 15 is 0 Å². The molecule has 0 aliphatic carbocycles. The number of amides is 4. The first-order chi connectivity index (χ1) is 64.9. The maximum absolute atomic E-state index is 14.3. The van der Waals surface area contributed by atoms with E-state index in [1.807, 2.05) is 59.7 Å². The summed E-state index contributed by atoms with van der Waals surface area (Å²) in [6, 6.07) is 4.65. The molecule has 13 rings (SSSR count). The Labute approximate surface area is 800 Å². The molecule has 9 saturated heterocycles. The van der Waals surface area contributed by atoms with E-state index in [9.17, 15) is 19.2 Å². The van der Waals surface area contributed by atoms with Gasteiger partial charge in [-0.05, 0) is 77.3 Å². The van der Waals surface area contributed by atoms with E-state index in [-0.39, 0.29) is 119 Å². The zero-order chi connectivity index (χ0) is 94.1. The summed E-state index contributed by atoms with van der Waals surface area (Å²) in [5.41, 5.74) is -2.28. The van der Waals surface area contributed by atoms with Crippen molar-refractivity contribution in [2.45, 2.75) is 237 Å². The highest BCUT2D eigenvalue weighted by Gasteiger charge is 2.69. The number of nitrogens with zero attached hydrogens (tertiary/aromatic N) is 10. The molecule has 4 aromatic rings. The molecule has 4 N–H and O–H groups in total. The van der Waals surface area contributed by atoms with Crippen molar-refractivity contribution in [3.05, 3.63) is 60.1 Å². The lowest BCUT2D eigenvalue weighted by Gasteiger charge is -2.42. The van der Waals surface area contributed by atoms with Crippen LogP contribution in [-0.2, 0) is 186 Å². The van der Waals surface area contributed by atoms with Crippen molar-refractivity contribution >= 4 is 68.0 Å². The van der Waals surface area contributed by atoms with Crippen LogP contribution in [-0.4, -0.2) is 402 Å². The van der Waals surface area contributed by atoms with Crippen molar-refractivity contribution in [2.75, 3.05) is 217 Å². The van der Waals surface area contributed by atoms with Crippen LogP contribution < -0.4 is 21.3 Å². The smallest absolute Gasteiger partial charge is 0.407 e. The molecule has 0 unspecified atom stereocenters. The highest BCUT2D eigenvalue weighted by molar-refractivity contribution is 14.1. The molecule has 9 aliphatic heterocycles. The second-order valence-corrected chi connectivity index (χ2v) is 38.8. The van der Waals surface area contributed by atoms with E-state index in [0.717, 1.165) is 5.03 Å². The Morgan fingerprint density at radius 1 is 0.455 bits per heavy atom. The molecular weight excluding hydrogens is 1920 g/mol. The molecule has 9 fully saturated rings. The van der Waals surface area contributed by atoms with Crippen molar-refractivity contribution in [1.29, 1.82) is 0 Å². The third kappa shape index (κ3) is 32.3. The highest BCUT2D eigenvalue weighted by atomic mass is 127. The topological polar surface area (TPSA) is 480 Å². The minimum absolute atomic E-state index is 0.00396. The maximum atomic E-state index is 14.3. The molecule has 13 heterocycles. The quantitative estimate of drug-likeness (QED) is 0.0213. The van der Waals surface area contributed by atoms with E-state index in [4.69, 9.17) is 133 Å². The average Bonchev–Trinajstić information content (AvgIpc) is 1.58. The maximum Gasteiger partial charge on any atom is 0.407 e. The van der Waals surface area contributed by atoms with Crippen molar-refractivity contribution in [1.82, 2.24) is 71.2 Å². The van der Waals surface area contributed by atoms with Gasteiger partial charge in [0.15, 0.2) is 36.2 Å². The lowest BCUT2D eigenvalue weighted by Crippen LogP contribution is -2.65. The summed E-state index contributed by atoms with van der Waals surface area (Å²) in [7, 11) is 3.05. The highest BCUT2D eigenvalue weighted by Crippen LogP contribution is 2.51. The molecule has 754 valence electrons. The fraction of sp³-hybridized carbons (Fsp3) is 0.824. The van der Waals surface area contributed by atoms with Gasteiger partial charge in [0.1, 0.15) is 99.8 Å². The number of carbonyl (C=O) groups excluding carboxylic acids is 4. The molecular formula is C85H133IN14O32S2. The van der Waals surface area contributed by atoms with Crippen LogP contribution in [0.25, 0.3) is 0 Å². The largest absolute Gasteiger partial charge is 0.449 e. The Morgan fingerprint density at radius 2 is 0.836 bits per heavy atom. The third-order valence-corrected chi connectivity index (χ3v) is 26.0. The standard InChI is InChI=1S/C85H133IN14O32S2/c1-59(101)89-67-70-73(128-80(5,6)125-70)84(57-122-76(67)131-84)54-115-40-37-112-34-31-109-28-25-106-22-19-99-45-62(93-96-99)48-118-51-82(91-64(103)14-10-9-12-17-88-78(104)120-42-43-133-134-65-15-11-13-16-87-65,50-117-47-61-44-98(95-92-61)18-21-105-24-27-108-30-33-111-36-39-114-53-83-56-121-75(130-83)66(86)69-72(83)127-79(3,4)124-69)52-119-49-63-46-100(97-94-63)20-23-107-26-29-110-32-35-113-38-41-116-55-85-58-123-77(132-85)68(90-60(2)102)71-74(85)129-81(7,8)126-71/h11,13,15-16,44-46,66-77H,9-10,12,14,17-43,47-58H2,1-8H3,(H,88,104)(H,89,101)(H,90,102)(H,91,103)/t66-,67-,68-,69-,70-,71-,72-,73-,74-,75+,76+,77+,83+,84+,85+/m1/s1. The Kier molecular flexibility index (Phi) is 41.8. The predicted molar refractivity (Wildman–Crippen MR) is 475 cm³/mol. The molecule has 134 heavy (non-hydrogen) atoms. The van der Waals surface area contributed by atoms with Crippen LogP contribution in [0.15, 0.2) is 48.0 Å². The van der Waals surface area contributed by atoms with Gasteiger partial charge < -0.3 is 154 Å². The number of alkyl carbamates (subject to hydrolysis) is 1. The number of nitrogens with one attached hydrogen (secondary N) is 4. The van der Waals surface area contributed by atoms with Crippen LogP contribution in [0.5, 0.6) is 0 Å². The van der Waals surface area contributed by atoms with E-state index in [1.165, 1.54) is 24.6 Å². The van der Waals surface area contributed by atoms with Gasteiger partial charge in [0.2, 0.25) is 17.7 Å². The average molecular weight is 2050 g/mol. The number of halogens is 1. The zero-order valence-corrected chi connectivity index (χ0v) is 81.4. The van der Waals surface area contributed by atoms with E-state index in [2.05, 4.69) is 79.8 Å². The van der Waals surface area contributed by atoms with Crippen molar-refractivity contribution in [2.24, 2.45) is 0 Å². The number of aromatic nitrogens is 10. The molecule has 0 aromatic carbocycles. The monoisotopic (exact) mass is 2050 g/mol. The predicted octanol–water partition coefficient (Wildman–Crippen LogP) is 2.34. The Morgan fingerprint density at radius 3 is 1.24 bits per heavy atom. The minimum Gasteiger partial charge on any atom is -0.449 e. The van der Waals surface area contributed by atoms with Gasteiger partial charge in [0, 0.05) is 38.8 Å². The fourth-order valence-electron chi connectivity index (χ4n) is 16.4. The summed E-state index contributed by atoms with van der Waals surface area (Å²) >= 11 is 2.31. The normalized spacial score (nSPS) is 27.5. The van der Waals surface area contributed by atoms with Gasteiger partial charge in [0.25, 0.3) is 0 Å². The zero-order valence-electron chi connectivity index (χ0n) is 77.6. The molecule has 9 aliphatic rings. The summed E-state index contributed by atoms with van der Waals surface area (Å²) in [4.78, 5) is 55.2. The summed E-state index contributed by atoms with van der Waals surface area (Å²) in [5, 5.41) is 38.8. The number of ether oxygens (including phenoxy) is 28. The number of pyridine rings is 1. The van der Waals surface area contributed by atoms with Gasteiger partial charge in [0.05, 0.1) is 260 Å². The van der Waals surface area contributed by atoms with Gasteiger partial charge in [-0.25, -0.2) is 23.8 Å². The molecule has 15 atom stereocenters. The molecule has 0 spiro atoms. The number of alkyl halides is 1. The van der Waals surface area contributed by atoms with Crippen molar-refractivity contribution in [3.8, 4) is 0 Å². The van der Waals surface area contributed by atoms with Gasteiger partial charge in [-0.2, -0.15) is 0 Å². The first kappa shape index (κ1) is 106. The summed E-state index contributed by atoms with van der Waals surface area (Å²) in [5.74, 6) is -2.61. The lowest BCUT2D eigenvalue weighted by atomic mass is 9.88. The number of hydrogen-bond acceptors (Lipinski definition) is 41. The first-order valence-corrected chi connectivity index (χ1v) is 49.3. The Bertz CT molecular complexity index is 4010. The lowest BCUT2D eigenvalue weighted by molar-refractivity contribution is -0.214. The Hall–Kier alpha value is -5.40. The van der Waals surface area contributed by atoms with Crippen LogP contribution in [0.4, 0.5) is 4.79 Å². The number of rotatable bonds is 68. The SMILES string of the molecule is CC(=O)N[C@H]1[C@H]2OC[C@](COCCOCCOCCOCCn3cc(COCC(COCc4cn(CCOCCOCCOCCOC[C@@]56CO[C@@H](O5)[C@H](I)[C@H]5OC(C)(C)O[C@H]56)nn4)(COCc4cn(CCOCCOCCOCCOC[C@@]56CO[C@@H](O5)[C@H](NC(C)=O)[C@H]5OC(C)(C)O[C@H]56)nn4)NC(=O)CCCCCNC(=O)OCCSSc4ccccn4)nn3)(O2)[C@@H]2OC(C)(C)O[C@H]12. The number of fused-ring (bicyclic) bond motifs is 12. The molecule has 4 amide bonds. The van der Waals surface area contributed by atoms with Gasteiger partial charge in [-0.1, -0.05) is 61.5 Å². The van der Waals surface area contributed by atoms with Crippen molar-refractivity contribution in [3.63, 3.8) is 0 Å². The first-order valence-electron chi connectivity index (χ1n) is 45.8. The van der Waals surface area contributed by atoms with Gasteiger partial charge in [-0.3, -0.25) is 14.4 Å². The van der Waals surface area contributed by atoms with Gasteiger partial charge >= 0.3 is 6.09 Å². The summed E-state index contributed by atoms with van der Waals surface area (Å²) < 4.78 is 174. The van der Waals surface area contributed by atoms with E-state index in [0.29, 0.717) is 220 Å². The number of hydrogen-bond donors (Lipinski definition) is 4. The second-order valence-electron chi connectivity index (χ2n) is 34.9. The third-order valence-electron chi connectivity index (χ3n) is 22.4. The summed E-state index contributed by atoms with van der Waals surface area (Å²) in [6.45, 7) is 24.1. The van der Waals surface area contributed by atoms with Gasteiger partial charge in [-0.15, -0.1) is 15.3 Å². The van der Waals surface area contributed by atoms with Crippen LogP contribution in [0.2, 0.25) is 0 Å². The van der Waals surface area contributed by atoms with E-state index < -0.39 is 94.9 Å². The summed E-state index contributed by atoms with van der Waals surface area (Å²) in [6.07, 6.45) is 4.16. The van der Waals surface area contributed by atoms with Crippen LogP contribution in [0, 0.1) is 0 Å². The molecule has 6 bridgehead atoms. The van der Waals surface area contributed by atoms with Crippen LogP contribution >= 0.6 is 44.2 Å². The molecule has 4 aromatic heterocycles. The fourth-order valence-corrected chi connectivity index (χ4v) is 19.0. The minimum atomic E-state index is -1.30. The van der Waals surface area contributed by atoms with Crippen LogP contribution in [0.3, 0.4) is 0 Å². The number of carbonyl (C=O) groups is 4. The molecule has 0 radical (unpaired) electrons. The van der Waals surface area contributed by atoms with Crippen LogP contribution in [0.1, 0.15) is 98.2 Å². The van der Waals surface area contributed by atoms with Crippen molar-refractivity contribution < 1.29 is 152 Å². The van der Waals surface area contributed by atoms with E-state index in [1.54, 1.807) is 49.6 Å². The number of unbranched alkanes of at least 4 members (excludes halogenated alkanes) is 2. The molecule has 49 heteroatoms. The molecule has 0 saturated carbocycles.